The average molecular weight is 344 g/mol. The molecule has 2 aromatic rings. The van der Waals surface area contributed by atoms with Crippen LogP contribution in [0.15, 0.2) is 28.2 Å². The number of hydrogen-bond donors (Lipinski definition) is 1. The molecule has 3 rings (SSSR count). The van der Waals surface area contributed by atoms with Gasteiger partial charge in [-0.05, 0) is 58.3 Å². The number of hydrogen-bond acceptors (Lipinski definition) is 3. The van der Waals surface area contributed by atoms with Crippen molar-refractivity contribution < 1.29 is 0 Å². The van der Waals surface area contributed by atoms with E-state index in [1.165, 1.54) is 29.7 Å². The van der Waals surface area contributed by atoms with Crippen LogP contribution < -0.4 is 5.32 Å². The van der Waals surface area contributed by atoms with Gasteiger partial charge in [0, 0.05) is 4.88 Å². The fourth-order valence-corrected chi connectivity index (χ4v) is 3.78. The van der Waals surface area contributed by atoms with Crippen molar-refractivity contribution in [2.45, 2.75) is 25.3 Å². The Bertz CT molecular complexity index is 570. The van der Waals surface area contributed by atoms with Crippen molar-refractivity contribution in [3.8, 4) is 0 Å². The second-order valence-corrected chi connectivity index (χ2v) is 6.60. The monoisotopic (exact) mass is 342 g/mol. The van der Waals surface area contributed by atoms with Crippen molar-refractivity contribution in [1.29, 1.82) is 0 Å². The van der Waals surface area contributed by atoms with Gasteiger partial charge in [0.1, 0.15) is 5.15 Å². The minimum atomic E-state index is 0.398. The molecule has 1 atom stereocenters. The molecule has 0 radical (unpaired) electrons. The standard InChI is InChI=1S/C13H12BrClN2S/c14-10-6-8(7-16-13(10)15)17-11-2-1-3-12-9(11)4-5-18-12/h4-7,11,17H,1-3H2. The lowest BCUT2D eigenvalue weighted by Gasteiger charge is -2.24. The number of anilines is 1. The smallest absolute Gasteiger partial charge is 0.143 e. The molecule has 1 N–H and O–H groups in total. The van der Waals surface area contributed by atoms with E-state index in [0.717, 1.165) is 10.2 Å². The topological polar surface area (TPSA) is 24.9 Å². The zero-order valence-corrected chi connectivity index (χ0v) is 12.8. The lowest BCUT2D eigenvalue weighted by molar-refractivity contribution is 0.608. The van der Waals surface area contributed by atoms with Crippen molar-refractivity contribution >= 4 is 44.6 Å². The normalized spacial score (nSPS) is 18.4. The second kappa shape index (κ2) is 5.19. The first-order valence-corrected chi connectivity index (χ1v) is 7.93. The van der Waals surface area contributed by atoms with Gasteiger partial charge in [-0.1, -0.05) is 11.6 Å². The zero-order valence-electron chi connectivity index (χ0n) is 9.62. The van der Waals surface area contributed by atoms with Crippen LogP contribution in [0.25, 0.3) is 0 Å². The van der Waals surface area contributed by atoms with Gasteiger partial charge in [0.15, 0.2) is 0 Å². The first-order chi connectivity index (χ1) is 8.74. The third-order valence-electron chi connectivity index (χ3n) is 3.19. The van der Waals surface area contributed by atoms with E-state index in [9.17, 15) is 0 Å². The van der Waals surface area contributed by atoms with Crippen LogP contribution >= 0.6 is 38.9 Å². The number of thiophene rings is 1. The Balaban J connectivity index is 1.84. The third kappa shape index (κ3) is 2.42. The predicted octanol–water partition coefficient (Wildman–Crippen LogP) is 5.05. The van der Waals surface area contributed by atoms with Crippen LogP contribution in [0.3, 0.4) is 0 Å². The van der Waals surface area contributed by atoms with Crippen LogP contribution in [-0.2, 0) is 6.42 Å². The van der Waals surface area contributed by atoms with Crippen molar-refractivity contribution in [1.82, 2.24) is 4.98 Å². The number of fused-ring (bicyclic) bond motifs is 1. The Hall–Kier alpha value is -0.580. The summed E-state index contributed by atoms with van der Waals surface area (Å²) >= 11 is 11.2. The van der Waals surface area contributed by atoms with Crippen LogP contribution in [0.1, 0.15) is 29.3 Å². The Labute approximate surface area is 124 Å². The number of aromatic nitrogens is 1. The predicted molar refractivity (Wildman–Crippen MR) is 80.6 cm³/mol. The molecule has 0 saturated heterocycles. The second-order valence-electron chi connectivity index (χ2n) is 4.38. The first kappa shape index (κ1) is 12.5. The summed E-state index contributed by atoms with van der Waals surface area (Å²) in [6.07, 6.45) is 5.42. The zero-order chi connectivity index (χ0) is 12.5. The van der Waals surface area contributed by atoms with Gasteiger partial charge < -0.3 is 5.32 Å². The molecule has 94 valence electrons. The molecule has 0 amide bonds. The van der Waals surface area contributed by atoms with Crippen molar-refractivity contribution in [3.63, 3.8) is 0 Å². The highest BCUT2D eigenvalue weighted by Crippen LogP contribution is 2.36. The Morgan fingerprint density at radius 3 is 3.22 bits per heavy atom. The highest BCUT2D eigenvalue weighted by Gasteiger charge is 2.21. The van der Waals surface area contributed by atoms with Crippen LogP contribution in [0, 0.1) is 0 Å². The van der Waals surface area contributed by atoms with Crippen molar-refractivity contribution in [3.05, 3.63) is 43.8 Å². The van der Waals surface area contributed by atoms with Crippen LogP contribution in [0.2, 0.25) is 5.15 Å². The van der Waals surface area contributed by atoms with Crippen LogP contribution in [0.5, 0.6) is 0 Å². The molecule has 2 aromatic heterocycles. The molecule has 0 aliphatic heterocycles. The van der Waals surface area contributed by atoms with Crippen molar-refractivity contribution in [2.75, 3.05) is 5.32 Å². The van der Waals surface area contributed by atoms with Crippen LogP contribution in [-0.4, -0.2) is 4.98 Å². The highest BCUT2D eigenvalue weighted by molar-refractivity contribution is 9.10. The largest absolute Gasteiger partial charge is 0.377 e. The average Bonchev–Trinajstić information content (AvgIpc) is 2.83. The third-order valence-corrected chi connectivity index (χ3v) is 5.32. The quantitative estimate of drug-likeness (QED) is 0.772. The van der Waals surface area contributed by atoms with Gasteiger partial charge in [-0.15, -0.1) is 11.3 Å². The van der Waals surface area contributed by atoms with E-state index in [0.29, 0.717) is 11.2 Å². The van der Waals surface area contributed by atoms with E-state index in [4.69, 9.17) is 11.6 Å². The molecule has 1 aliphatic rings. The number of aryl methyl sites for hydroxylation is 1. The van der Waals surface area contributed by atoms with Gasteiger partial charge >= 0.3 is 0 Å². The number of halogens is 2. The molecule has 18 heavy (non-hydrogen) atoms. The van der Waals surface area contributed by atoms with E-state index < -0.39 is 0 Å². The molecular formula is C13H12BrClN2S. The van der Waals surface area contributed by atoms with Crippen LogP contribution in [0.4, 0.5) is 5.69 Å². The number of rotatable bonds is 2. The highest BCUT2D eigenvalue weighted by atomic mass is 79.9. The van der Waals surface area contributed by atoms with Gasteiger partial charge in [-0.25, -0.2) is 4.98 Å². The minimum absolute atomic E-state index is 0.398. The minimum Gasteiger partial charge on any atom is -0.377 e. The molecule has 0 bridgehead atoms. The molecule has 0 fully saturated rings. The molecule has 0 aromatic carbocycles. The molecule has 2 heterocycles. The summed E-state index contributed by atoms with van der Waals surface area (Å²) in [6.45, 7) is 0. The van der Waals surface area contributed by atoms with Gasteiger partial charge in [0.05, 0.1) is 22.4 Å². The Morgan fingerprint density at radius 1 is 1.50 bits per heavy atom. The maximum absolute atomic E-state index is 5.90. The lowest BCUT2D eigenvalue weighted by atomic mass is 9.94. The first-order valence-electron chi connectivity index (χ1n) is 5.88. The van der Waals surface area contributed by atoms with Gasteiger partial charge in [-0.3, -0.25) is 0 Å². The van der Waals surface area contributed by atoms with Gasteiger partial charge in [0.2, 0.25) is 0 Å². The van der Waals surface area contributed by atoms with Gasteiger partial charge in [-0.2, -0.15) is 0 Å². The summed E-state index contributed by atoms with van der Waals surface area (Å²) in [5.41, 5.74) is 2.45. The molecule has 0 spiro atoms. The summed E-state index contributed by atoms with van der Waals surface area (Å²) in [4.78, 5) is 5.66. The maximum Gasteiger partial charge on any atom is 0.143 e. The Morgan fingerprint density at radius 2 is 2.39 bits per heavy atom. The lowest BCUT2D eigenvalue weighted by Crippen LogP contribution is -2.15. The summed E-state index contributed by atoms with van der Waals surface area (Å²) in [5, 5.41) is 6.23. The van der Waals surface area contributed by atoms with E-state index in [2.05, 4.69) is 37.7 Å². The molecular weight excluding hydrogens is 332 g/mol. The SMILES string of the molecule is Clc1ncc(NC2CCCc3sccc32)cc1Br. The molecule has 0 saturated carbocycles. The van der Waals surface area contributed by atoms with E-state index in [-0.39, 0.29) is 0 Å². The fourth-order valence-electron chi connectivity index (χ4n) is 2.34. The Kier molecular flexibility index (Phi) is 3.59. The fraction of sp³-hybridized carbons (Fsp3) is 0.308. The summed E-state index contributed by atoms with van der Waals surface area (Å²) in [7, 11) is 0. The number of nitrogens with zero attached hydrogens (tertiary/aromatic N) is 1. The molecule has 2 nitrogen and oxygen atoms in total. The number of pyridine rings is 1. The van der Waals surface area contributed by atoms with E-state index >= 15 is 0 Å². The molecule has 5 heteroatoms. The molecule has 1 unspecified atom stereocenters. The van der Waals surface area contributed by atoms with Crippen molar-refractivity contribution in [2.24, 2.45) is 0 Å². The summed E-state index contributed by atoms with van der Waals surface area (Å²) in [5.74, 6) is 0. The molecule has 1 aliphatic carbocycles. The van der Waals surface area contributed by atoms with E-state index in [1.54, 1.807) is 6.20 Å². The summed E-state index contributed by atoms with van der Waals surface area (Å²) < 4.78 is 0.829. The van der Waals surface area contributed by atoms with E-state index in [1.807, 2.05) is 17.4 Å². The number of nitrogens with one attached hydrogen (secondary N) is 1. The summed E-state index contributed by atoms with van der Waals surface area (Å²) in [6, 6.07) is 4.61. The van der Waals surface area contributed by atoms with Gasteiger partial charge in [0.25, 0.3) is 0 Å². The maximum atomic E-state index is 5.90.